The Morgan fingerprint density at radius 2 is 1.71 bits per heavy atom. The third-order valence-electron chi connectivity index (χ3n) is 3.17. The van der Waals surface area contributed by atoms with Crippen LogP contribution in [-0.2, 0) is 5.60 Å². The summed E-state index contributed by atoms with van der Waals surface area (Å²) in [5, 5.41) is 12.4. The lowest BCUT2D eigenvalue weighted by Crippen LogP contribution is -2.28. The summed E-state index contributed by atoms with van der Waals surface area (Å²) >= 11 is 1.67. The number of rotatable bonds is 2. The molecule has 100 valence electrons. The molecule has 2 heteroatoms. The van der Waals surface area contributed by atoms with E-state index in [1.165, 1.54) is 25.7 Å². The van der Waals surface area contributed by atoms with Gasteiger partial charge in [-0.3, -0.25) is 0 Å². The zero-order chi connectivity index (χ0) is 13.3. The lowest BCUT2D eigenvalue weighted by atomic mass is 9.86. The molecule has 17 heavy (non-hydrogen) atoms. The molecule has 1 N–H and O–H groups in total. The molecule has 0 aromatic carbocycles. The van der Waals surface area contributed by atoms with Crippen LogP contribution in [0.1, 0.15) is 65.2 Å². The fraction of sp³-hybridized carbons (Fsp3) is 0.733. The van der Waals surface area contributed by atoms with Crippen molar-refractivity contribution < 1.29 is 5.11 Å². The Morgan fingerprint density at radius 1 is 1.18 bits per heavy atom. The molecule has 0 radical (unpaired) electrons. The van der Waals surface area contributed by atoms with Crippen LogP contribution in [-0.4, -0.2) is 5.11 Å². The summed E-state index contributed by atoms with van der Waals surface area (Å²) in [7, 11) is 0. The molecule has 0 saturated heterocycles. The first-order valence-electron chi connectivity index (χ1n) is 6.97. The van der Waals surface area contributed by atoms with Crippen molar-refractivity contribution in [3.05, 3.63) is 22.4 Å². The Hall–Kier alpha value is -0.340. The molecule has 1 unspecified atom stereocenters. The second kappa shape index (κ2) is 8.71. The first-order valence-corrected chi connectivity index (χ1v) is 7.85. The van der Waals surface area contributed by atoms with Crippen LogP contribution < -0.4 is 0 Å². The van der Waals surface area contributed by atoms with E-state index in [-0.39, 0.29) is 0 Å². The average Bonchev–Trinajstić information content (AvgIpc) is 3.08. The van der Waals surface area contributed by atoms with Crippen molar-refractivity contribution in [1.82, 2.24) is 0 Å². The molecule has 0 bridgehead atoms. The monoisotopic (exact) mass is 256 g/mol. The quantitative estimate of drug-likeness (QED) is 0.771. The molecule has 1 atom stereocenters. The Balaban J connectivity index is 0.000000581. The second-order valence-electron chi connectivity index (χ2n) is 4.11. The van der Waals surface area contributed by atoms with Crippen LogP contribution in [0.25, 0.3) is 0 Å². The van der Waals surface area contributed by atoms with E-state index in [9.17, 15) is 5.11 Å². The van der Waals surface area contributed by atoms with Crippen molar-refractivity contribution >= 4 is 11.3 Å². The third-order valence-corrected chi connectivity index (χ3v) is 4.27. The lowest BCUT2D eigenvalue weighted by molar-refractivity contribution is 0.000159. The number of hydrogen-bond donors (Lipinski definition) is 1. The van der Waals surface area contributed by atoms with Gasteiger partial charge in [0.25, 0.3) is 0 Å². The van der Waals surface area contributed by atoms with Gasteiger partial charge in [-0.25, -0.2) is 0 Å². The Morgan fingerprint density at radius 3 is 2.12 bits per heavy atom. The van der Waals surface area contributed by atoms with Crippen LogP contribution in [0.5, 0.6) is 0 Å². The average molecular weight is 256 g/mol. The fourth-order valence-electron chi connectivity index (χ4n) is 2.26. The summed E-state index contributed by atoms with van der Waals surface area (Å²) in [6.07, 6.45) is 4.94. The van der Waals surface area contributed by atoms with Gasteiger partial charge in [0.2, 0.25) is 0 Å². The standard InChI is InChI=1S/C11H16OS.2C2H6/c1-11(12,9-5-2-3-6-9)10-7-4-8-13-10;2*1-2/h4,7-9,12H,2-3,5-6H2,1H3;2*1-2H3. The van der Waals surface area contributed by atoms with E-state index in [4.69, 9.17) is 0 Å². The highest BCUT2D eigenvalue weighted by atomic mass is 32.1. The largest absolute Gasteiger partial charge is 0.384 e. The summed E-state index contributed by atoms with van der Waals surface area (Å²) in [6, 6.07) is 4.06. The van der Waals surface area contributed by atoms with Gasteiger partial charge in [0, 0.05) is 4.88 Å². The van der Waals surface area contributed by atoms with E-state index >= 15 is 0 Å². The maximum absolute atomic E-state index is 10.4. The Labute approximate surface area is 111 Å². The number of thiophene rings is 1. The van der Waals surface area contributed by atoms with Crippen LogP contribution in [0, 0.1) is 5.92 Å². The van der Waals surface area contributed by atoms with Gasteiger partial charge in [0.15, 0.2) is 0 Å². The topological polar surface area (TPSA) is 20.2 Å². The molecule has 1 nitrogen and oxygen atoms in total. The van der Waals surface area contributed by atoms with E-state index in [1.54, 1.807) is 11.3 Å². The fourth-order valence-corrected chi connectivity index (χ4v) is 3.12. The molecular formula is C15H28OS. The lowest BCUT2D eigenvalue weighted by Gasteiger charge is -2.28. The SMILES string of the molecule is CC.CC.CC(O)(c1cccs1)C1CCCC1. The molecule has 0 aliphatic heterocycles. The van der Waals surface area contributed by atoms with Crippen molar-refractivity contribution in [2.24, 2.45) is 5.92 Å². The highest BCUT2D eigenvalue weighted by Crippen LogP contribution is 2.41. The minimum absolute atomic E-state index is 0.478. The van der Waals surface area contributed by atoms with Crippen molar-refractivity contribution in [1.29, 1.82) is 0 Å². The molecule has 1 fully saturated rings. The predicted molar refractivity (Wildman–Crippen MR) is 78.5 cm³/mol. The Kier molecular flexibility index (Phi) is 8.53. The van der Waals surface area contributed by atoms with Gasteiger partial charge in [-0.1, -0.05) is 46.6 Å². The van der Waals surface area contributed by atoms with Crippen molar-refractivity contribution in [3.8, 4) is 0 Å². The zero-order valence-electron chi connectivity index (χ0n) is 12.0. The van der Waals surface area contributed by atoms with E-state index in [1.807, 2.05) is 52.1 Å². The van der Waals surface area contributed by atoms with E-state index in [0.29, 0.717) is 5.92 Å². The van der Waals surface area contributed by atoms with Crippen LogP contribution in [0.3, 0.4) is 0 Å². The summed E-state index contributed by atoms with van der Waals surface area (Å²) in [5.74, 6) is 0.478. The van der Waals surface area contributed by atoms with Gasteiger partial charge in [-0.2, -0.15) is 0 Å². The van der Waals surface area contributed by atoms with Crippen LogP contribution in [0.2, 0.25) is 0 Å². The maximum atomic E-state index is 10.4. The molecule has 1 heterocycles. The summed E-state index contributed by atoms with van der Waals surface area (Å²) < 4.78 is 0. The van der Waals surface area contributed by atoms with E-state index in [0.717, 1.165) is 4.88 Å². The highest BCUT2D eigenvalue weighted by molar-refractivity contribution is 7.10. The first kappa shape index (κ1) is 16.7. The van der Waals surface area contributed by atoms with Crippen LogP contribution in [0.4, 0.5) is 0 Å². The molecule has 2 rings (SSSR count). The van der Waals surface area contributed by atoms with Crippen molar-refractivity contribution in [2.45, 2.75) is 65.9 Å². The van der Waals surface area contributed by atoms with Gasteiger partial charge in [-0.05, 0) is 37.1 Å². The predicted octanol–water partition coefficient (Wildman–Crippen LogP) is 5.20. The van der Waals surface area contributed by atoms with Gasteiger partial charge in [0.1, 0.15) is 0 Å². The van der Waals surface area contributed by atoms with E-state index < -0.39 is 5.60 Å². The van der Waals surface area contributed by atoms with Gasteiger partial charge in [-0.15, -0.1) is 11.3 Å². The summed E-state index contributed by atoms with van der Waals surface area (Å²) in [5.41, 5.74) is -0.579. The van der Waals surface area contributed by atoms with E-state index in [2.05, 4.69) is 0 Å². The Bertz CT molecular complexity index is 258. The van der Waals surface area contributed by atoms with Gasteiger partial charge in [0.05, 0.1) is 5.60 Å². The smallest absolute Gasteiger partial charge is 0.0987 e. The van der Waals surface area contributed by atoms with Crippen molar-refractivity contribution in [2.75, 3.05) is 0 Å². The van der Waals surface area contributed by atoms with Gasteiger partial charge >= 0.3 is 0 Å². The molecule has 1 aromatic heterocycles. The first-order chi connectivity index (χ1) is 8.21. The second-order valence-corrected chi connectivity index (χ2v) is 5.05. The molecule has 1 aliphatic carbocycles. The molecular weight excluding hydrogens is 228 g/mol. The summed E-state index contributed by atoms with van der Waals surface area (Å²) in [4.78, 5) is 1.12. The molecule has 1 saturated carbocycles. The molecule has 0 amide bonds. The number of aliphatic hydroxyl groups is 1. The van der Waals surface area contributed by atoms with Crippen molar-refractivity contribution in [3.63, 3.8) is 0 Å². The third kappa shape index (κ3) is 4.44. The number of hydrogen-bond acceptors (Lipinski definition) is 2. The van der Waals surface area contributed by atoms with Gasteiger partial charge < -0.3 is 5.11 Å². The van der Waals surface area contributed by atoms with Crippen LogP contribution in [0.15, 0.2) is 17.5 Å². The maximum Gasteiger partial charge on any atom is 0.0987 e. The normalized spacial score (nSPS) is 18.5. The van der Waals surface area contributed by atoms with Crippen LogP contribution >= 0.6 is 11.3 Å². The molecule has 1 aromatic rings. The minimum atomic E-state index is -0.579. The molecule has 1 aliphatic rings. The molecule has 0 spiro atoms. The zero-order valence-corrected chi connectivity index (χ0v) is 12.8. The summed E-state index contributed by atoms with van der Waals surface area (Å²) in [6.45, 7) is 9.97. The minimum Gasteiger partial charge on any atom is -0.384 e. The highest BCUT2D eigenvalue weighted by Gasteiger charge is 2.35.